The Morgan fingerprint density at radius 2 is 0.692 bits per heavy atom. The molecule has 4 aromatic heterocycles. The van der Waals surface area contributed by atoms with Gasteiger partial charge >= 0.3 is 0 Å². The van der Waals surface area contributed by atoms with Crippen molar-refractivity contribution in [3.8, 4) is 0 Å². The zero-order chi connectivity index (χ0) is 40.3. The molecule has 4 nitrogen and oxygen atoms in total. The van der Waals surface area contributed by atoms with Crippen LogP contribution in [0.5, 0.6) is 0 Å². The van der Waals surface area contributed by atoms with Crippen molar-refractivity contribution in [1.29, 1.82) is 0 Å². The minimum atomic E-state index is 0.547. The average Bonchev–Trinajstić information content (AvgIpc) is 3.20. The first-order chi connectivity index (χ1) is 24.9. The zero-order valence-electron chi connectivity index (χ0n) is 36.3. The van der Waals surface area contributed by atoms with E-state index in [2.05, 4.69) is 133 Å². The fourth-order valence-electron chi connectivity index (χ4n) is 3.95. The summed E-state index contributed by atoms with van der Waals surface area (Å²) >= 11 is 0. The minimum Gasteiger partial charge on any atom is -0.265 e. The molecule has 0 aliphatic rings. The Hall–Kier alpha value is -4.18. The Labute approximate surface area is 322 Å². The molecule has 288 valence electrons. The first kappa shape index (κ1) is 52.2. The van der Waals surface area contributed by atoms with Crippen LogP contribution in [-0.2, 0) is 7.05 Å². The molecule has 0 amide bonds. The van der Waals surface area contributed by atoms with Gasteiger partial charge in [-0.2, -0.15) is 0 Å². The van der Waals surface area contributed by atoms with Gasteiger partial charge in [-0.15, -0.1) is 0 Å². The van der Waals surface area contributed by atoms with Crippen LogP contribution in [0.15, 0.2) is 128 Å². The Morgan fingerprint density at radius 1 is 0.365 bits per heavy atom. The van der Waals surface area contributed by atoms with Gasteiger partial charge in [0.25, 0.3) is 0 Å². The molecular weight excluding hydrogens is 633 g/mol. The number of hydrogen-bond acceptors (Lipinski definition) is 3. The van der Waals surface area contributed by atoms with Crippen LogP contribution in [0.3, 0.4) is 0 Å². The largest absolute Gasteiger partial charge is 0.265 e. The number of pyridine rings is 4. The molecule has 1 aromatic carbocycles. The van der Waals surface area contributed by atoms with Gasteiger partial charge in [-0.25, -0.2) is 4.57 Å². The van der Waals surface area contributed by atoms with Crippen molar-refractivity contribution in [2.75, 3.05) is 0 Å². The molecule has 0 saturated heterocycles. The summed E-state index contributed by atoms with van der Waals surface area (Å²) in [5.41, 5.74) is 6.68. The highest BCUT2D eigenvalue weighted by Crippen LogP contribution is 2.13. The summed E-state index contributed by atoms with van der Waals surface area (Å²) in [6, 6.07) is 29.0. The lowest BCUT2D eigenvalue weighted by Crippen LogP contribution is -2.26. The Morgan fingerprint density at radius 3 is 0.942 bits per heavy atom. The summed E-state index contributed by atoms with van der Waals surface area (Å²) in [6.07, 6.45) is 13.3. The van der Waals surface area contributed by atoms with E-state index in [9.17, 15) is 0 Å². The molecule has 0 aliphatic heterocycles. The van der Waals surface area contributed by atoms with Gasteiger partial charge in [0.1, 0.15) is 7.05 Å². The van der Waals surface area contributed by atoms with Gasteiger partial charge in [-0.05, 0) is 88.2 Å². The Bertz CT molecular complexity index is 1210. The monoisotopic (exact) mass is 710 g/mol. The third-order valence-electron chi connectivity index (χ3n) is 7.16. The summed E-state index contributed by atoms with van der Waals surface area (Å²) in [6.45, 7) is 33.8. The molecule has 0 N–H and O–H groups in total. The van der Waals surface area contributed by atoms with Crippen molar-refractivity contribution in [3.63, 3.8) is 0 Å². The van der Waals surface area contributed by atoms with Gasteiger partial charge in [0.2, 0.25) is 0 Å². The van der Waals surface area contributed by atoms with Gasteiger partial charge < -0.3 is 0 Å². The maximum absolute atomic E-state index is 4.18. The molecule has 0 saturated carbocycles. The van der Waals surface area contributed by atoms with E-state index in [0.29, 0.717) is 29.6 Å². The van der Waals surface area contributed by atoms with Crippen molar-refractivity contribution in [3.05, 3.63) is 156 Å². The Kier molecular flexibility index (Phi) is 35.4. The van der Waals surface area contributed by atoms with Gasteiger partial charge in [-0.3, -0.25) is 15.0 Å². The number of aryl methyl sites for hydroxylation is 1. The summed E-state index contributed by atoms with van der Waals surface area (Å²) in [5, 5.41) is 0. The number of rotatable bonds is 5. The van der Waals surface area contributed by atoms with E-state index in [1.807, 2.05) is 133 Å². The molecule has 52 heavy (non-hydrogen) atoms. The molecule has 4 heteroatoms. The molecule has 5 aromatic rings. The third kappa shape index (κ3) is 27.5. The van der Waals surface area contributed by atoms with Crippen LogP contribution in [0.25, 0.3) is 0 Å². The lowest BCUT2D eigenvalue weighted by Gasteiger charge is -2.01. The quantitative estimate of drug-likeness (QED) is 0.171. The predicted octanol–water partition coefficient (Wildman–Crippen LogP) is 14.1. The van der Waals surface area contributed by atoms with Crippen LogP contribution in [0.2, 0.25) is 0 Å². The summed E-state index contributed by atoms with van der Waals surface area (Å²) in [4.78, 5) is 12.0. The predicted molar refractivity (Wildman–Crippen MR) is 231 cm³/mol. The normalized spacial score (nSPS) is 9.35. The molecule has 0 spiro atoms. The van der Waals surface area contributed by atoms with E-state index >= 15 is 0 Å². The van der Waals surface area contributed by atoms with Gasteiger partial charge in [0.15, 0.2) is 12.4 Å². The van der Waals surface area contributed by atoms with Crippen molar-refractivity contribution in [2.45, 2.75) is 140 Å². The second kappa shape index (κ2) is 35.2. The number of benzene rings is 1. The van der Waals surface area contributed by atoms with Crippen LogP contribution in [0.4, 0.5) is 0 Å². The second-order valence-corrected chi connectivity index (χ2v) is 12.8. The molecule has 0 aliphatic carbocycles. The van der Waals surface area contributed by atoms with Crippen LogP contribution in [0.1, 0.15) is 168 Å². The van der Waals surface area contributed by atoms with Crippen molar-refractivity contribution in [2.24, 2.45) is 7.05 Å². The first-order valence-corrected chi connectivity index (χ1v) is 19.6. The van der Waals surface area contributed by atoms with Crippen LogP contribution >= 0.6 is 0 Å². The topological polar surface area (TPSA) is 42.5 Å². The van der Waals surface area contributed by atoms with E-state index in [-0.39, 0.29) is 0 Å². The maximum atomic E-state index is 4.18. The minimum absolute atomic E-state index is 0.547. The summed E-state index contributed by atoms with van der Waals surface area (Å²) in [5.74, 6) is 3.08. The number of hydrogen-bond donors (Lipinski definition) is 0. The van der Waals surface area contributed by atoms with Gasteiger partial charge in [0.05, 0.1) is 0 Å². The van der Waals surface area contributed by atoms with E-state index in [1.165, 1.54) is 22.3 Å². The van der Waals surface area contributed by atoms with Gasteiger partial charge in [-0.1, -0.05) is 147 Å². The lowest BCUT2D eigenvalue weighted by molar-refractivity contribution is -0.671. The highest BCUT2D eigenvalue weighted by atomic mass is 14.9. The standard InChI is InChI=1S/C9H14N.C9H12.3C8H11N.3C2H6/c1-8(2)9-4-6-10(3)7-5-9;1-8(2)9-6-4-3-5-7-9;2*1-7(2)8-3-5-9-6-4-8;1-7(2)8-5-3-4-6-9-8;3*1-2/h4-8H,1-3H3;3-8H,1-2H3;3*3-7H,1-2H3;3*1-2H3/q+1;;;;;;;. The van der Waals surface area contributed by atoms with Crippen molar-refractivity contribution in [1.82, 2.24) is 15.0 Å². The van der Waals surface area contributed by atoms with E-state index in [4.69, 9.17) is 0 Å². The zero-order valence-corrected chi connectivity index (χ0v) is 36.3. The Balaban J connectivity index is -0.000000556. The van der Waals surface area contributed by atoms with Crippen LogP contribution in [-0.4, -0.2) is 15.0 Å². The van der Waals surface area contributed by atoms with E-state index in [0.717, 1.165) is 5.69 Å². The maximum Gasteiger partial charge on any atom is 0.168 e. The third-order valence-corrected chi connectivity index (χ3v) is 7.16. The lowest BCUT2D eigenvalue weighted by atomic mass is 10.0. The molecule has 0 unspecified atom stereocenters. The molecule has 5 rings (SSSR count). The van der Waals surface area contributed by atoms with Crippen molar-refractivity contribution >= 4 is 0 Å². The van der Waals surface area contributed by atoms with Gasteiger partial charge in [0, 0.05) is 48.8 Å². The fourth-order valence-corrected chi connectivity index (χ4v) is 3.95. The molecule has 0 atom stereocenters. The second-order valence-electron chi connectivity index (χ2n) is 12.8. The highest BCUT2D eigenvalue weighted by molar-refractivity contribution is 5.18. The average molecular weight is 710 g/mol. The SMILES string of the molecule is CC.CC.CC.CC(C)c1cc[n+](C)cc1.CC(C)c1ccccc1.CC(C)c1ccccn1.CC(C)c1ccncc1.CC(C)c1ccncc1. The summed E-state index contributed by atoms with van der Waals surface area (Å²) < 4.78 is 2.05. The molecular formula is C48H77N4+. The summed E-state index contributed by atoms with van der Waals surface area (Å²) in [7, 11) is 2.03. The molecule has 0 bridgehead atoms. The van der Waals surface area contributed by atoms with E-state index < -0.39 is 0 Å². The van der Waals surface area contributed by atoms with Crippen LogP contribution < -0.4 is 4.57 Å². The molecule has 0 radical (unpaired) electrons. The first-order valence-electron chi connectivity index (χ1n) is 19.6. The number of aromatic nitrogens is 4. The highest BCUT2D eigenvalue weighted by Gasteiger charge is 1.99. The molecule has 0 fully saturated rings. The molecule has 4 heterocycles. The fraction of sp³-hybridized carbons (Fsp3) is 0.458. The van der Waals surface area contributed by atoms with E-state index in [1.54, 1.807) is 0 Å². The smallest absolute Gasteiger partial charge is 0.168 e. The number of nitrogens with zero attached hydrogens (tertiary/aromatic N) is 4. The van der Waals surface area contributed by atoms with Crippen molar-refractivity contribution < 1.29 is 4.57 Å². The van der Waals surface area contributed by atoms with Crippen LogP contribution in [0, 0.1) is 0 Å².